The Morgan fingerprint density at radius 3 is 2.36 bits per heavy atom. The summed E-state index contributed by atoms with van der Waals surface area (Å²) < 4.78 is 10.0. The predicted octanol–water partition coefficient (Wildman–Crippen LogP) is 1.87. The Balaban J connectivity index is 2.26. The zero-order valence-corrected chi connectivity index (χ0v) is 13.1. The zero-order chi connectivity index (χ0) is 18.3. The van der Waals surface area contributed by atoms with Gasteiger partial charge in [0.2, 0.25) is 11.2 Å². The molecule has 0 amide bonds. The molecule has 130 valence electrons. The number of benzene rings is 2. The van der Waals surface area contributed by atoms with Crippen molar-refractivity contribution in [3.63, 3.8) is 0 Å². The van der Waals surface area contributed by atoms with E-state index in [4.69, 9.17) is 14.2 Å². The van der Waals surface area contributed by atoms with E-state index in [1.54, 1.807) is 0 Å². The van der Waals surface area contributed by atoms with Gasteiger partial charge in [0.15, 0.2) is 17.3 Å². The van der Waals surface area contributed by atoms with Gasteiger partial charge in [-0.25, -0.2) is 0 Å². The topological polar surface area (TPSA) is 161 Å². The molecule has 0 aliphatic heterocycles. The SMILES string of the molecule is O=c1c(O)c(-c2ccc(O)c(OP(O)O)c2)oc2cc(O)cc(O)c12. The number of aromatic hydroxyl groups is 4. The average molecular weight is 366 g/mol. The second-order valence-corrected chi connectivity index (χ2v) is 5.66. The van der Waals surface area contributed by atoms with E-state index in [0.717, 1.165) is 24.3 Å². The van der Waals surface area contributed by atoms with Crippen molar-refractivity contribution in [2.45, 2.75) is 0 Å². The lowest BCUT2D eigenvalue weighted by Crippen LogP contribution is -2.03. The molecule has 0 spiro atoms. The highest BCUT2D eigenvalue weighted by Crippen LogP contribution is 2.41. The highest BCUT2D eigenvalue weighted by Gasteiger charge is 2.20. The first kappa shape index (κ1) is 16.8. The van der Waals surface area contributed by atoms with Crippen molar-refractivity contribution in [2.24, 2.45) is 0 Å². The van der Waals surface area contributed by atoms with Crippen molar-refractivity contribution in [1.82, 2.24) is 0 Å². The molecule has 0 saturated heterocycles. The molecule has 0 fully saturated rings. The monoisotopic (exact) mass is 366 g/mol. The zero-order valence-electron chi connectivity index (χ0n) is 12.2. The van der Waals surface area contributed by atoms with Crippen LogP contribution in [0.25, 0.3) is 22.3 Å². The lowest BCUT2D eigenvalue weighted by Gasteiger charge is -2.11. The summed E-state index contributed by atoms with van der Waals surface area (Å²) >= 11 is 0. The summed E-state index contributed by atoms with van der Waals surface area (Å²) in [4.78, 5) is 30.1. The molecule has 0 atom stereocenters. The second kappa shape index (κ2) is 6.14. The molecule has 0 unspecified atom stereocenters. The van der Waals surface area contributed by atoms with E-state index in [-0.39, 0.29) is 33.8 Å². The van der Waals surface area contributed by atoms with Crippen LogP contribution in [0.2, 0.25) is 0 Å². The smallest absolute Gasteiger partial charge is 0.391 e. The van der Waals surface area contributed by atoms with Crippen molar-refractivity contribution in [3.8, 4) is 40.1 Å². The summed E-state index contributed by atoms with van der Waals surface area (Å²) in [5, 5.41) is 38.7. The van der Waals surface area contributed by atoms with Crippen LogP contribution in [0.4, 0.5) is 0 Å². The van der Waals surface area contributed by atoms with Crippen molar-refractivity contribution in [2.75, 3.05) is 0 Å². The van der Waals surface area contributed by atoms with Crippen molar-refractivity contribution < 1.29 is 39.2 Å². The Labute approximate surface area is 140 Å². The van der Waals surface area contributed by atoms with Gasteiger partial charge in [-0.15, -0.1) is 0 Å². The van der Waals surface area contributed by atoms with Gasteiger partial charge in [-0.2, -0.15) is 0 Å². The maximum Gasteiger partial charge on any atom is 0.391 e. The van der Waals surface area contributed by atoms with Crippen LogP contribution in [-0.4, -0.2) is 30.2 Å². The van der Waals surface area contributed by atoms with Gasteiger partial charge < -0.3 is 39.2 Å². The normalized spacial score (nSPS) is 11.2. The van der Waals surface area contributed by atoms with E-state index in [0.29, 0.717) is 0 Å². The largest absolute Gasteiger partial charge is 0.508 e. The van der Waals surface area contributed by atoms with Crippen molar-refractivity contribution in [3.05, 3.63) is 40.6 Å². The summed E-state index contributed by atoms with van der Waals surface area (Å²) in [5.74, 6) is -2.78. The van der Waals surface area contributed by atoms with Gasteiger partial charge in [-0.3, -0.25) is 4.79 Å². The van der Waals surface area contributed by atoms with Gasteiger partial charge in [-0.05, 0) is 18.2 Å². The Morgan fingerprint density at radius 2 is 1.68 bits per heavy atom. The number of phenolic OH excluding ortho intramolecular Hbond substituents is 3. The second-order valence-electron chi connectivity index (χ2n) is 4.97. The van der Waals surface area contributed by atoms with Crippen LogP contribution in [0.15, 0.2) is 39.5 Å². The fourth-order valence-corrected chi connectivity index (χ4v) is 2.61. The van der Waals surface area contributed by atoms with Gasteiger partial charge in [0, 0.05) is 17.7 Å². The molecule has 25 heavy (non-hydrogen) atoms. The van der Waals surface area contributed by atoms with Crippen LogP contribution >= 0.6 is 8.60 Å². The Bertz CT molecular complexity index is 1030. The molecule has 2 aromatic carbocycles. The summed E-state index contributed by atoms with van der Waals surface area (Å²) in [6, 6.07) is 5.54. The van der Waals surface area contributed by atoms with E-state index < -0.39 is 31.3 Å². The molecule has 0 saturated carbocycles. The number of hydrogen-bond acceptors (Lipinski definition) is 9. The summed E-state index contributed by atoms with van der Waals surface area (Å²) in [5.41, 5.74) is -1.04. The molecule has 0 aliphatic carbocycles. The van der Waals surface area contributed by atoms with Crippen LogP contribution in [0.1, 0.15) is 0 Å². The lowest BCUT2D eigenvalue weighted by molar-refractivity contribution is 0.360. The highest BCUT2D eigenvalue weighted by atomic mass is 31.2. The first-order valence-corrected chi connectivity index (χ1v) is 7.85. The first-order valence-electron chi connectivity index (χ1n) is 6.69. The molecule has 0 bridgehead atoms. The van der Waals surface area contributed by atoms with Crippen LogP contribution in [0, 0.1) is 0 Å². The van der Waals surface area contributed by atoms with E-state index in [1.165, 1.54) is 6.07 Å². The van der Waals surface area contributed by atoms with Gasteiger partial charge in [0.25, 0.3) is 0 Å². The predicted molar refractivity (Wildman–Crippen MR) is 86.6 cm³/mol. The fourth-order valence-electron chi connectivity index (χ4n) is 2.29. The van der Waals surface area contributed by atoms with Gasteiger partial charge in [0.05, 0.1) is 0 Å². The first-order chi connectivity index (χ1) is 11.8. The van der Waals surface area contributed by atoms with E-state index >= 15 is 0 Å². The molecular weight excluding hydrogens is 355 g/mol. The van der Waals surface area contributed by atoms with E-state index in [1.807, 2.05) is 0 Å². The molecule has 9 nitrogen and oxygen atoms in total. The molecule has 10 heteroatoms. The average Bonchev–Trinajstić information content (AvgIpc) is 2.52. The standard InChI is InChI=1S/C15H11O9P/c16-7-4-9(18)12-11(5-7)23-15(14(20)13(12)19)6-1-2-8(17)10(3-6)24-25(21)22/h1-5,16-18,20-22H. The summed E-state index contributed by atoms with van der Waals surface area (Å²) in [6.07, 6.45) is 0. The van der Waals surface area contributed by atoms with Crippen molar-refractivity contribution >= 4 is 19.6 Å². The maximum absolute atomic E-state index is 12.3. The molecule has 0 radical (unpaired) electrons. The van der Waals surface area contributed by atoms with Gasteiger partial charge in [0.1, 0.15) is 22.5 Å². The minimum absolute atomic E-state index is 0.0731. The molecule has 1 heterocycles. The Morgan fingerprint density at radius 1 is 0.960 bits per heavy atom. The maximum atomic E-state index is 12.3. The van der Waals surface area contributed by atoms with Crippen LogP contribution in [0.5, 0.6) is 28.7 Å². The third kappa shape index (κ3) is 3.03. The molecule has 1 aromatic heterocycles. The third-order valence-electron chi connectivity index (χ3n) is 3.34. The quantitative estimate of drug-likeness (QED) is 0.380. The number of fused-ring (bicyclic) bond motifs is 1. The van der Waals surface area contributed by atoms with Crippen LogP contribution < -0.4 is 9.95 Å². The Hall–Kier alpha value is -3.00. The number of phenols is 3. The van der Waals surface area contributed by atoms with Crippen LogP contribution in [-0.2, 0) is 0 Å². The minimum atomic E-state index is -2.81. The number of rotatable bonds is 3. The summed E-state index contributed by atoms with van der Waals surface area (Å²) in [6.45, 7) is 0. The Kier molecular flexibility index (Phi) is 4.13. The fraction of sp³-hybridized carbons (Fsp3) is 0. The summed E-state index contributed by atoms with van der Waals surface area (Å²) in [7, 11) is -2.81. The van der Waals surface area contributed by atoms with Gasteiger partial charge >= 0.3 is 8.60 Å². The molecular formula is C15H11O9P. The van der Waals surface area contributed by atoms with Crippen LogP contribution in [0.3, 0.4) is 0 Å². The van der Waals surface area contributed by atoms with Gasteiger partial charge in [-0.1, -0.05) is 0 Å². The van der Waals surface area contributed by atoms with Crippen molar-refractivity contribution in [1.29, 1.82) is 0 Å². The highest BCUT2D eigenvalue weighted by molar-refractivity contribution is 7.39. The third-order valence-corrected chi connectivity index (χ3v) is 3.70. The molecule has 0 aliphatic rings. The van der Waals surface area contributed by atoms with E-state index in [9.17, 15) is 25.2 Å². The lowest BCUT2D eigenvalue weighted by atomic mass is 10.1. The molecule has 6 N–H and O–H groups in total. The molecule has 3 aromatic rings. The molecule has 3 rings (SSSR count). The minimum Gasteiger partial charge on any atom is -0.508 e. The van der Waals surface area contributed by atoms with E-state index in [2.05, 4.69) is 4.52 Å². The number of hydrogen-bond donors (Lipinski definition) is 6.